The molecular formula is C33H23N5O. The molecule has 0 spiro atoms. The number of rotatable bonds is 3. The van der Waals surface area contributed by atoms with Crippen LogP contribution in [0.3, 0.4) is 0 Å². The largest absolute Gasteiger partial charge is 0.457 e. The van der Waals surface area contributed by atoms with Gasteiger partial charge in [-0.1, -0.05) is 48.5 Å². The van der Waals surface area contributed by atoms with Crippen LogP contribution < -0.4 is 4.74 Å². The van der Waals surface area contributed by atoms with Crippen LogP contribution in [0.15, 0.2) is 103 Å². The van der Waals surface area contributed by atoms with Gasteiger partial charge in [-0.25, -0.2) is 14.5 Å². The highest BCUT2D eigenvalue weighted by molar-refractivity contribution is 6.12. The van der Waals surface area contributed by atoms with Gasteiger partial charge in [0, 0.05) is 39.9 Å². The number of nitrogens with zero attached hydrogens (tertiary/aromatic N) is 5. The van der Waals surface area contributed by atoms with E-state index in [9.17, 15) is 0 Å². The predicted molar refractivity (Wildman–Crippen MR) is 156 cm³/mol. The standard InChI is InChI=1S/C33H23N5O/c1-20-11-16-32(34-19-20)37-29-10-6-5-8-25(29)27-15-13-22(17-30(27)37)39-23-12-14-26-24-7-3-4-9-28(24)33-35-21(2)36-38(33)31(26)18-23/h3-19H,1-2H3. The maximum Gasteiger partial charge on any atom is 0.164 e. The fraction of sp³-hybridized carbons (Fsp3) is 0.0606. The molecule has 0 saturated heterocycles. The van der Waals surface area contributed by atoms with E-state index in [4.69, 9.17) is 19.8 Å². The molecule has 6 heteroatoms. The summed E-state index contributed by atoms with van der Waals surface area (Å²) in [6, 6.07) is 33.3. The van der Waals surface area contributed by atoms with Crippen LogP contribution in [-0.4, -0.2) is 24.1 Å². The maximum absolute atomic E-state index is 6.47. The normalized spacial score (nSPS) is 11.8. The van der Waals surface area contributed by atoms with Crippen molar-refractivity contribution in [3.05, 3.63) is 115 Å². The van der Waals surface area contributed by atoms with Crippen molar-refractivity contribution in [2.45, 2.75) is 13.8 Å². The minimum Gasteiger partial charge on any atom is -0.457 e. The molecule has 0 aliphatic heterocycles. The molecule has 0 bridgehead atoms. The van der Waals surface area contributed by atoms with Crippen LogP contribution in [0, 0.1) is 13.8 Å². The molecule has 0 unspecified atom stereocenters. The molecule has 186 valence electrons. The van der Waals surface area contributed by atoms with E-state index in [0.717, 1.165) is 72.4 Å². The second kappa shape index (κ2) is 8.13. The Morgan fingerprint density at radius 3 is 2.05 bits per heavy atom. The van der Waals surface area contributed by atoms with Crippen LogP contribution in [0.5, 0.6) is 11.5 Å². The van der Waals surface area contributed by atoms with E-state index in [0.29, 0.717) is 0 Å². The van der Waals surface area contributed by atoms with Crippen molar-refractivity contribution in [1.29, 1.82) is 0 Å². The number of benzene rings is 4. The summed E-state index contributed by atoms with van der Waals surface area (Å²) in [6.07, 6.45) is 1.90. The zero-order chi connectivity index (χ0) is 26.1. The number of ether oxygens (including phenoxy) is 1. The van der Waals surface area contributed by atoms with Gasteiger partial charge >= 0.3 is 0 Å². The number of pyridine rings is 2. The molecule has 8 rings (SSSR count). The fourth-order valence-corrected chi connectivity index (χ4v) is 5.64. The summed E-state index contributed by atoms with van der Waals surface area (Å²) in [5.74, 6) is 3.11. The lowest BCUT2D eigenvalue weighted by atomic mass is 10.1. The van der Waals surface area contributed by atoms with Gasteiger partial charge in [-0.3, -0.25) is 4.57 Å². The molecule has 39 heavy (non-hydrogen) atoms. The number of aromatic nitrogens is 5. The van der Waals surface area contributed by atoms with Crippen LogP contribution in [0.1, 0.15) is 11.4 Å². The second-order valence-corrected chi connectivity index (χ2v) is 9.95. The smallest absolute Gasteiger partial charge is 0.164 e. The molecule has 0 aliphatic rings. The van der Waals surface area contributed by atoms with E-state index in [1.54, 1.807) is 0 Å². The zero-order valence-electron chi connectivity index (χ0n) is 21.5. The van der Waals surface area contributed by atoms with Crippen molar-refractivity contribution in [3.8, 4) is 17.3 Å². The Balaban J connectivity index is 1.30. The lowest BCUT2D eigenvalue weighted by Gasteiger charge is -2.11. The number of para-hydroxylation sites is 1. The lowest BCUT2D eigenvalue weighted by molar-refractivity contribution is 0.484. The second-order valence-electron chi connectivity index (χ2n) is 9.95. The van der Waals surface area contributed by atoms with Gasteiger partial charge in [-0.15, -0.1) is 0 Å². The highest BCUT2D eigenvalue weighted by Crippen LogP contribution is 2.36. The van der Waals surface area contributed by atoms with E-state index >= 15 is 0 Å². The van der Waals surface area contributed by atoms with Gasteiger partial charge in [0.2, 0.25) is 0 Å². The summed E-state index contributed by atoms with van der Waals surface area (Å²) in [6.45, 7) is 3.97. The Labute approximate surface area is 223 Å². The molecule has 0 N–H and O–H groups in total. The first-order valence-electron chi connectivity index (χ1n) is 13.0. The molecule has 4 heterocycles. The van der Waals surface area contributed by atoms with Crippen molar-refractivity contribution in [1.82, 2.24) is 24.1 Å². The van der Waals surface area contributed by atoms with Crippen molar-refractivity contribution < 1.29 is 4.74 Å². The van der Waals surface area contributed by atoms with Gasteiger partial charge in [-0.05, 0) is 61.2 Å². The quantitative estimate of drug-likeness (QED) is 0.229. The minimum atomic E-state index is 0.738. The fourth-order valence-electron chi connectivity index (χ4n) is 5.64. The van der Waals surface area contributed by atoms with Crippen molar-refractivity contribution in [3.63, 3.8) is 0 Å². The van der Waals surface area contributed by atoms with E-state index < -0.39 is 0 Å². The SMILES string of the molecule is Cc1ccc(-n2c3ccccc3c3ccc(Oc4ccc5c6ccccc6c6nc(C)nn6c5c4)cc32)nc1. The third-order valence-electron chi connectivity index (χ3n) is 7.37. The lowest BCUT2D eigenvalue weighted by Crippen LogP contribution is -1.97. The third kappa shape index (κ3) is 3.31. The highest BCUT2D eigenvalue weighted by Gasteiger charge is 2.15. The molecule has 0 amide bonds. The summed E-state index contributed by atoms with van der Waals surface area (Å²) in [7, 11) is 0. The average molecular weight is 506 g/mol. The van der Waals surface area contributed by atoms with Gasteiger partial charge in [0.25, 0.3) is 0 Å². The third-order valence-corrected chi connectivity index (χ3v) is 7.37. The van der Waals surface area contributed by atoms with Crippen molar-refractivity contribution in [2.75, 3.05) is 0 Å². The van der Waals surface area contributed by atoms with Gasteiger partial charge in [-0.2, -0.15) is 5.10 Å². The monoisotopic (exact) mass is 505 g/mol. The summed E-state index contributed by atoms with van der Waals surface area (Å²) in [4.78, 5) is 9.44. The number of hydrogen-bond acceptors (Lipinski definition) is 4. The molecule has 4 aromatic heterocycles. The van der Waals surface area contributed by atoms with Gasteiger partial charge in [0.15, 0.2) is 5.65 Å². The van der Waals surface area contributed by atoms with Crippen LogP contribution in [-0.2, 0) is 0 Å². The van der Waals surface area contributed by atoms with E-state index in [-0.39, 0.29) is 0 Å². The van der Waals surface area contributed by atoms with Gasteiger partial charge < -0.3 is 4.74 Å². The minimum absolute atomic E-state index is 0.738. The van der Waals surface area contributed by atoms with Gasteiger partial charge in [0.1, 0.15) is 23.1 Å². The first-order valence-corrected chi connectivity index (χ1v) is 13.0. The number of fused-ring (bicyclic) bond motifs is 9. The first-order chi connectivity index (χ1) is 19.1. The summed E-state index contributed by atoms with van der Waals surface area (Å²) in [5.41, 5.74) is 5.10. The highest BCUT2D eigenvalue weighted by atomic mass is 16.5. The molecule has 0 fully saturated rings. The number of hydrogen-bond donors (Lipinski definition) is 0. The van der Waals surface area contributed by atoms with Gasteiger partial charge in [0.05, 0.1) is 16.6 Å². The van der Waals surface area contributed by atoms with E-state index in [1.165, 1.54) is 5.39 Å². The Kier molecular flexibility index (Phi) is 4.55. The van der Waals surface area contributed by atoms with E-state index in [2.05, 4.69) is 84.3 Å². The Morgan fingerprint density at radius 2 is 1.28 bits per heavy atom. The molecule has 6 nitrogen and oxygen atoms in total. The Morgan fingerprint density at radius 1 is 0.615 bits per heavy atom. The summed E-state index contributed by atoms with van der Waals surface area (Å²) in [5, 5.41) is 10.4. The molecule has 4 aromatic carbocycles. The average Bonchev–Trinajstić information content (AvgIpc) is 3.51. The topological polar surface area (TPSA) is 57.2 Å². The first kappa shape index (κ1) is 21.8. The molecule has 0 saturated carbocycles. The van der Waals surface area contributed by atoms with E-state index in [1.807, 2.05) is 41.9 Å². The molecule has 0 radical (unpaired) electrons. The van der Waals surface area contributed by atoms with Crippen molar-refractivity contribution in [2.24, 2.45) is 0 Å². The van der Waals surface area contributed by atoms with Crippen molar-refractivity contribution >= 4 is 49.1 Å². The summed E-state index contributed by atoms with van der Waals surface area (Å²) >= 11 is 0. The van der Waals surface area contributed by atoms with Crippen LogP contribution in [0.4, 0.5) is 0 Å². The van der Waals surface area contributed by atoms with Crippen LogP contribution >= 0.6 is 0 Å². The molecule has 0 atom stereocenters. The summed E-state index contributed by atoms with van der Waals surface area (Å²) < 4.78 is 10.6. The zero-order valence-corrected chi connectivity index (χ0v) is 21.5. The number of aryl methyl sites for hydroxylation is 2. The maximum atomic E-state index is 6.47. The molecule has 0 aliphatic carbocycles. The molecular weight excluding hydrogens is 482 g/mol. The Hall–Kier alpha value is -5.23. The predicted octanol–water partition coefficient (Wildman–Crippen LogP) is 7.94. The van der Waals surface area contributed by atoms with Crippen LogP contribution in [0.25, 0.3) is 54.9 Å². The Bertz CT molecular complexity index is 2220. The van der Waals surface area contributed by atoms with Crippen LogP contribution in [0.2, 0.25) is 0 Å². The molecule has 8 aromatic rings.